The van der Waals surface area contributed by atoms with E-state index in [0.717, 1.165) is 58.7 Å². The molecule has 1 atom stereocenters. The fourth-order valence-electron chi connectivity index (χ4n) is 5.23. The zero-order valence-electron chi connectivity index (χ0n) is 24.8. The van der Waals surface area contributed by atoms with Gasteiger partial charge in [-0.2, -0.15) is 0 Å². The number of nitrogens with zero attached hydrogens (tertiary/aromatic N) is 2. The molecule has 224 valence electrons. The van der Waals surface area contributed by atoms with Crippen LogP contribution in [0.3, 0.4) is 0 Å². The van der Waals surface area contributed by atoms with Gasteiger partial charge in [-0.3, -0.25) is 13.9 Å². The summed E-state index contributed by atoms with van der Waals surface area (Å²) >= 11 is 6.24. The van der Waals surface area contributed by atoms with Gasteiger partial charge < -0.3 is 10.2 Å². The number of benzene rings is 3. The second kappa shape index (κ2) is 13.7. The molecule has 1 fully saturated rings. The molecule has 1 saturated carbocycles. The summed E-state index contributed by atoms with van der Waals surface area (Å²) in [6.07, 6.45) is 5.11. The van der Waals surface area contributed by atoms with E-state index < -0.39 is 28.5 Å². The summed E-state index contributed by atoms with van der Waals surface area (Å²) in [5.74, 6) is -0.744. The lowest BCUT2D eigenvalue weighted by molar-refractivity contribution is -0.139. The van der Waals surface area contributed by atoms with Crippen LogP contribution in [0.5, 0.6) is 0 Å². The smallest absolute Gasteiger partial charge is 0.264 e. The molecule has 1 aliphatic rings. The topological polar surface area (TPSA) is 86.8 Å². The van der Waals surface area contributed by atoms with Gasteiger partial charge in [0, 0.05) is 17.6 Å². The number of amides is 2. The number of hydrogen-bond acceptors (Lipinski definition) is 4. The van der Waals surface area contributed by atoms with Crippen LogP contribution in [-0.2, 0) is 26.2 Å². The number of halogens is 1. The normalized spacial score (nSPS) is 14.7. The van der Waals surface area contributed by atoms with Gasteiger partial charge >= 0.3 is 0 Å². The minimum Gasteiger partial charge on any atom is -0.352 e. The van der Waals surface area contributed by atoms with E-state index in [1.807, 2.05) is 32.9 Å². The third-order valence-electron chi connectivity index (χ3n) is 8.03. The van der Waals surface area contributed by atoms with Crippen LogP contribution in [0.2, 0.25) is 5.02 Å². The minimum atomic E-state index is -4.11. The average molecular weight is 610 g/mol. The highest BCUT2D eigenvalue weighted by molar-refractivity contribution is 7.92. The lowest BCUT2D eigenvalue weighted by atomic mass is 9.95. The fourth-order valence-corrected chi connectivity index (χ4v) is 6.85. The van der Waals surface area contributed by atoms with Gasteiger partial charge in [-0.1, -0.05) is 66.8 Å². The molecule has 0 heterocycles. The van der Waals surface area contributed by atoms with Crippen molar-refractivity contribution >= 4 is 39.1 Å². The number of hydrogen-bond donors (Lipinski definition) is 1. The van der Waals surface area contributed by atoms with Gasteiger partial charge in [-0.25, -0.2) is 8.42 Å². The van der Waals surface area contributed by atoms with Crippen molar-refractivity contribution in [1.29, 1.82) is 0 Å². The van der Waals surface area contributed by atoms with Crippen molar-refractivity contribution in [2.24, 2.45) is 0 Å². The maximum atomic E-state index is 14.1. The molecule has 0 radical (unpaired) electrons. The molecule has 0 saturated heterocycles. The van der Waals surface area contributed by atoms with Crippen LogP contribution in [0.15, 0.2) is 71.6 Å². The highest BCUT2D eigenvalue weighted by atomic mass is 35.5. The first-order chi connectivity index (χ1) is 20.0. The molecule has 9 heteroatoms. The van der Waals surface area contributed by atoms with E-state index in [2.05, 4.69) is 5.32 Å². The molecule has 42 heavy (non-hydrogen) atoms. The zero-order valence-corrected chi connectivity index (χ0v) is 26.3. The minimum absolute atomic E-state index is 0.0748. The maximum Gasteiger partial charge on any atom is 0.264 e. The predicted octanol–water partition coefficient (Wildman–Crippen LogP) is 6.33. The van der Waals surface area contributed by atoms with E-state index in [9.17, 15) is 18.0 Å². The van der Waals surface area contributed by atoms with Crippen molar-refractivity contribution in [3.8, 4) is 0 Å². The van der Waals surface area contributed by atoms with Crippen molar-refractivity contribution in [3.05, 3.63) is 94.0 Å². The summed E-state index contributed by atoms with van der Waals surface area (Å²) in [6, 6.07) is 18.2. The lowest BCUT2D eigenvalue weighted by Gasteiger charge is -2.33. The van der Waals surface area contributed by atoms with Gasteiger partial charge in [0.15, 0.2) is 0 Å². The van der Waals surface area contributed by atoms with Crippen molar-refractivity contribution in [3.63, 3.8) is 0 Å². The Labute approximate surface area is 254 Å². The van der Waals surface area contributed by atoms with Gasteiger partial charge in [-0.15, -0.1) is 0 Å². The third-order valence-corrected chi connectivity index (χ3v) is 10.1. The molecule has 0 bridgehead atoms. The Kier molecular flexibility index (Phi) is 10.3. The van der Waals surface area contributed by atoms with E-state index >= 15 is 0 Å². The molecule has 1 N–H and O–H groups in total. The molecule has 0 unspecified atom stereocenters. The van der Waals surface area contributed by atoms with Crippen LogP contribution in [0.25, 0.3) is 0 Å². The van der Waals surface area contributed by atoms with Gasteiger partial charge in [0.05, 0.1) is 10.6 Å². The number of anilines is 1. The van der Waals surface area contributed by atoms with Crippen molar-refractivity contribution in [2.75, 3.05) is 10.8 Å². The second-order valence-electron chi connectivity index (χ2n) is 11.3. The summed E-state index contributed by atoms with van der Waals surface area (Å²) in [6.45, 7) is 7.05. The maximum absolute atomic E-state index is 14.1. The Morgan fingerprint density at radius 1 is 0.929 bits per heavy atom. The first-order valence-corrected chi connectivity index (χ1v) is 16.3. The quantitative estimate of drug-likeness (QED) is 0.291. The largest absolute Gasteiger partial charge is 0.352 e. The average Bonchev–Trinajstić information content (AvgIpc) is 2.96. The Balaban J connectivity index is 1.69. The van der Waals surface area contributed by atoms with Crippen molar-refractivity contribution in [1.82, 2.24) is 10.2 Å². The number of rotatable bonds is 10. The van der Waals surface area contributed by atoms with E-state index in [0.29, 0.717) is 10.7 Å². The predicted molar refractivity (Wildman–Crippen MR) is 168 cm³/mol. The Morgan fingerprint density at radius 3 is 2.26 bits per heavy atom. The van der Waals surface area contributed by atoms with E-state index in [-0.39, 0.29) is 23.4 Å². The highest BCUT2D eigenvalue weighted by Gasteiger charge is 2.33. The molecule has 3 aromatic carbocycles. The summed E-state index contributed by atoms with van der Waals surface area (Å²) in [4.78, 5) is 29.1. The first-order valence-electron chi connectivity index (χ1n) is 14.5. The number of nitrogens with one attached hydrogen (secondary N) is 1. The molecule has 0 aromatic heterocycles. The number of carbonyl (C=O) groups is 2. The summed E-state index contributed by atoms with van der Waals surface area (Å²) in [5.41, 5.74) is 3.96. The molecule has 7 nitrogen and oxygen atoms in total. The van der Waals surface area contributed by atoms with Gasteiger partial charge in [0.1, 0.15) is 12.6 Å². The molecule has 0 spiro atoms. The van der Waals surface area contributed by atoms with E-state index in [1.165, 1.54) is 4.90 Å². The lowest BCUT2D eigenvalue weighted by Crippen LogP contribution is -2.53. The Morgan fingerprint density at radius 2 is 1.62 bits per heavy atom. The number of carbonyl (C=O) groups excluding carboxylic acids is 2. The number of aryl methyl sites for hydroxylation is 3. The van der Waals surface area contributed by atoms with E-state index in [1.54, 1.807) is 61.5 Å². The molecule has 4 rings (SSSR count). The Bertz CT molecular complexity index is 1520. The molecule has 2 amide bonds. The molecular weight excluding hydrogens is 570 g/mol. The SMILES string of the molecule is Cc1ccc(S(=O)(=O)N(CC(=O)N(Cc2cccc(Cl)c2)[C@H](C)C(=O)NC2CCCCC2)c2ccc(C)c(C)c2)cc1. The molecule has 1 aliphatic carbocycles. The van der Waals surface area contributed by atoms with Crippen LogP contribution in [0.1, 0.15) is 61.3 Å². The van der Waals surface area contributed by atoms with Gasteiger partial charge in [0.2, 0.25) is 11.8 Å². The summed E-state index contributed by atoms with van der Waals surface area (Å²) in [5, 5.41) is 3.63. The second-order valence-corrected chi connectivity index (χ2v) is 13.6. The summed E-state index contributed by atoms with van der Waals surface area (Å²) < 4.78 is 29.2. The van der Waals surface area contributed by atoms with Crippen LogP contribution < -0.4 is 9.62 Å². The van der Waals surface area contributed by atoms with Crippen molar-refractivity contribution < 1.29 is 18.0 Å². The molecule has 3 aromatic rings. The van der Waals surface area contributed by atoms with Crippen LogP contribution >= 0.6 is 11.6 Å². The zero-order chi connectivity index (χ0) is 30.4. The first kappa shape index (κ1) is 31.6. The fraction of sp³-hybridized carbons (Fsp3) is 0.394. The highest BCUT2D eigenvalue weighted by Crippen LogP contribution is 2.27. The van der Waals surface area contributed by atoms with E-state index in [4.69, 9.17) is 11.6 Å². The number of sulfonamides is 1. The van der Waals surface area contributed by atoms with Crippen molar-refractivity contribution in [2.45, 2.75) is 83.3 Å². The molecule has 0 aliphatic heterocycles. The standard InChI is InChI=1S/C33H40ClN3O4S/c1-23-13-17-31(18-14-23)42(40,41)37(30-16-15-24(2)25(3)19-30)22-32(38)36(21-27-9-8-10-28(34)20-27)26(4)33(39)35-29-11-6-5-7-12-29/h8-10,13-20,26,29H,5-7,11-12,21-22H2,1-4H3,(H,35,39)/t26-/m1/s1. The van der Waals surface area contributed by atoms with Gasteiger partial charge in [0.25, 0.3) is 10.0 Å². The van der Waals surface area contributed by atoms with Gasteiger partial charge in [-0.05, 0) is 93.6 Å². The monoisotopic (exact) mass is 609 g/mol. The van der Waals surface area contributed by atoms with Crippen LogP contribution in [-0.4, -0.2) is 43.8 Å². The summed E-state index contributed by atoms with van der Waals surface area (Å²) in [7, 11) is -4.11. The van der Waals surface area contributed by atoms with Crippen LogP contribution in [0, 0.1) is 20.8 Å². The third kappa shape index (κ3) is 7.72. The molecular formula is C33H40ClN3O4S. The Hall–Kier alpha value is -3.36. The van der Waals surface area contributed by atoms with Crippen LogP contribution in [0.4, 0.5) is 5.69 Å².